The maximum absolute atomic E-state index is 15.0. The van der Waals surface area contributed by atoms with E-state index in [-0.39, 0.29) is 22.6 Å². The SMILES string of the molecule is CS(=O)(=O)c1ccccc1C1CSc2c(-c3ccccc3F)c(=O)n(CC(N)c3ccccc3)c(=O)n21. The van der Waals surface area contributed by atoms with Crippen molar-refractivity contribution < 1.29 is 12.8 Å². The van der Waals surface area contributed by atoms with Crippen LogP contribution in [0, 0.1) is 5.82 Å². The summed E-state index contributed by atoms with van der Waals surface area (Å²) in [4.78, 5) is 27.7. The highest BCUT2D eigenvalue weighted by Crippen LogP contribution is 2.41. The van der Waals surface area contributed by atoms with E-state index in [1.807, 2.05) is 18.2 Å². The van der Waals surface area contributed by atoms with E-state index in [1.165, 1.54) is 40.6 Å². The molecule has 0 saturated carbocycles. The van der Waals surface area contributed by atoms with E-state index in [9.17, 15) is 22.4 Å². The molecule has 1 aliphatic rings. The lowest BCUT2D eigenvalue weighted by Crippen LogP contribution is -2.44. The average molecular weight is 538 g/mol. The lowest BCUT2D eigenvalue weighted by molar-refractivity contribution is 0.474. The molecule has 0 aliphatic carbocycles. The van der Waals surface area contributed by atoms with Crippen LogP contribution in [0.1, 0.15) is 23.2 Å². The molecule has 1 aliphatic heterocycles. The number of benzene rings is 3. The van der Waals surface area contributed by atoms with Gasteiger partial charge in [0.1, 0.15) is 5.82 Å². The van der Waals surface area contributed by atoms with Crippen LogP contribution in [0.15, 0.2) is 98.4 Å². The summed E-state index contributed by atoms with van der Waals surface area (Å²) in [5.41, 5.74) is 6.43. The first-order valence-corrected chi connectivity index (χ1v) is 14.4. The summed E-state index contributed by atoms with van der Waals surface area (Å²) < 4.78 is 42.5. The molecule has 0 spiro atoms. The van der Waals surface area contributed by atoms with Gasteiger partial charge in [-0.15, -0.1) is 11.8 Å². The second-order valence-corrected chi connectivity index (χ2v) is 11.9. The van der Waals surface area contributed by atoms with E-state index in [0.29, 0.717) is 16.3 Å². The zero-order valence-corrected chi connectivity index (χ0v) is 21.5. The fourth-order valence-electron chi connectivity index (χ4n) is 4.68. The van der Waals surface area contributed by atoms with Gasteiger partial charge in [-0.1, -0.05) is 66.7 Å². The molecular weight excluding hydrogens is 513 g/mol. The molecule has 2 N–H and O–H groups in total. The third-order valence-electron chi connectivity index (χ3n) is 6.45. The third kappa shape index (κ3) is 4.56. The number of aromatic nitrogens is 2. The Kier molecular flexibility index (Phi) is 6.65. The van der Waals surface area contributed by atoms with Crippen LogP contribution < -0.4 is 17.0 Å². The maximum atomic E-state index is 15.0. The van der Waals surface area contributed by atoms with Crippen LogP contribution in [0.4, 0.5) is 4.39 Å². The van der Waals surface area contributed by atoms with Crippen molar-refractivity contribution in [3.63, 3.8) is 0 Å². The highest BCUT2D eigenvalue weighted by molar-refractivity contribution is 7.99. The van der Waals surface area contributed by atoms with Crippen molar-refractivity contribution in [2.45, 2.75) is 28.5 Å². The van der Waals surface area contributed by atoms with Crippen LogP contribution in [0.3, 0.4) is 0 Å². The van der Waals surface area contributed by atoms with Crippen molar-refractivity contribution in [3.8, 4) is 11.1 Å². The first-order chi connectivity index (χ1) is 17.7. The lowest BCUT2D eigenvalue weighted by atomic mass is 10.1. The Labute approximate surface area is 217 Å². The van der Waals surface area contributed by atoms with E-state index in [2.05, 4.69) is 0 Å². The highest BCUT2D eigenvalue weighted by Gasteiger charge is 2.35. The maximum Gasteiger partial charge on any atom is 0.332 e. The summed E-state index contributed by atoms with van der Waals surface area (Å²) >= 11 is 1.23. The standard InChI is InChI=1S/C27H24FN3O4S2/c1-37(34,35)23-14-8-6-12-19(23)22-16-36-26-24(18-11-5-7-13-20(18)28)25(32)30(27(33)31(22)26)15-21(29)17-9-3-2-4-10-17/h2-14,21-22H,15-16,29H2,1H3. The Morgan fingerprint density at radius 1 is 1.00 bits per heavy atom. The number of nitrogens with two attached hydrogens (primary N) is 1. The molecule has 4 aromatic rings. The van der Waals surface area contributed by atoms with E-state index in [1.54, 1.807) is 36.4 Å². The van der Waals surface area contributed by atoms with Gasteiger partial charge in [0.2, 0.25) is 0 Å². The minimum atomic E-state index is -3.60. The molecule has 1 aromatic heterocycles. The molecule has 0 saturated heterocycles. The van der Waals surface area contributed by atoms with Crippen molar-refractivity contribution >= 4 is 21.6 Å². The Balaban J connectivity index is 1.77. The topological polar surface area (TPSA) is 104 Å². The number of hydrogen-bond acceptors (Lipinski definition) is 6. The van der Waals surface area contributed by atoms with Crippen molar-refractivity contribution in [2.75, 3.05) is 12.0 Å². The molecule has 190 valence electrons. The summed E-state index contributed by atoms with van der Waals surface area (Å²) in [6, 6.07) is 20.1. The van der Waals surface area contributed by atoms with Gasteiger partial charge in [0.15, 0.2) is 9.84 Å². The molecule has 0 amide bonds. The predicted octanol–water partition coefficient (Wildman–Crippen LogP) is 3.61. The number of thioether (sulfide) groups is 1. The molecule has 37 heavy (non-hydrogen) atoms. The molecule has 10 heteroatoms. The second kappa shape index (κ2) is 9.77. The predicted molar refractivity (Wildman–Crippen MR) is 142 cm³/mol. The quantitative estimate of drug-likeness (QED) is 0.377. The van der Waals surface area contributed by atoms with Gasteiger partial charge in [0.05, 0.1) is 28.1 Å². The van der Waals surface area contributed by atoms with Gasteiger partial charge in [0.25, 0.3) is 5.56 Å². The van der Waals surface area contributed by atoms with Gasteiger partial charge in [-0.2, -0.15) is 0 Å². The number of hydrogen-bond donors (Lipinski definition) is 1. The van der Waals surface area contributed by atoms with Crippen LogP contribution in [0.5, 0.6) is 0 Å². The summed E-state index contributed by atoms with van der Waals surface area (Å²) in [6.07, 6.45) is 1.11. The fraction of sp³-hybridized carbons (Fsp3) is 0.185. The van der Waals surface area contributed by atoms with Gasteiger partial charge in [-0.25, -0.2) is 17.6 Å². The number of fused-ring (bicyclic) bond motifs is 1. The van der Waals surface area contributed by atoms with Crippen LogP contribution in [-0.2, 0) is 16.4 Å². The molecule has 2 heterocycles. The largest absolute Gasteiger partial charge is 0.332 e. The minimum Gasteiger partial charge on any atom is -0.322 e. The summed E-state index contributed by atoms with van der Waals surface area (Å²) in [5, 5.41) is 0.304. The Morgan fingerprint density at radius 3 is 2.35 bits per heavy atom. The zero-order chi connectivity index (χ0) is 26.3. The molecule has 3 aromatic carbocycles. The molecule has 0 bridgehead atoms. The van der Waals surface area contributed by atoms with Gasteiger partial charge >= 0.3 is 5.69 Å². The van der Waals surface area contributed by atoms with Gasteiger partial charge in [-0.3, -0.25) is 13.9 Å². The first kappa shape index (κ1) is 25.2. The zero-order valence-electron chi connectivity index (χ0n) is 19.9. The number of halogens is 1. The van der Waals surface area contributed by atoms with Crippen LogP contribution in [0.2, 0.25) is 0 Å². The van der Waals surface area contributed by atoms with E-state index < -0.39 is 39.0 Å². The van der Waals surface area contributed by atoms with E-state index in [4.69, 9.17) is 5.73 Å². The Bertz CT molecular complexity index is 1720. The molecule has 0 fully saturated rings. The molecule has 2 atom stereocenters. The summed E-state index contributed by atoms with van der Waals surface area (Å²) in [5.74, 6) is -0.294. The average Bonchev–Trinajstić information content (AvgIpc) is 3.32. The number of rotatable bonds is 6. The van der Waals surface area contributed by atoms with Gasteiger partial charge in [-0.05, 0) is 23.3 Å². The normalized spacial score (nSPS) is 15.9. The third-order valence-corrected chi connectivity index (χ3v) is 8.77. The molecule has 5 rings (SSSR count). The van der Waals surface area contributed by atoms with Crippen LogP contribution in [-0.4, -0.2) is 29.6 Å². The van der Waals surface area contributed by atoms with Crippen molar-refractivity contribution in [1.82, 2.24) is 9.13 Å². The lowest BCUT2D eigenvalue weighted by Gasteiger charge is -2.21. The molecule has 7 nitrogen and oxygen atoms in total. The van der Waals surface area contributed by atoms with Crippen molar-refractivity contribution in [3.05, 3.63) is 117 Å². The summed E-state index contributed by atoms with van der Waals surface area (Å²) in [7, 11) is -3.60. The minimum absolute atomic E-state index is 0.0577. The van der Waals surface area contributed by atoms with E-state index in [0.717, 1.165) is 16.4 Å². The Morgan fingerprint density at radius 2 is 1.65 bits per heavy atom. The first-order valence-electron chi connectivity index (χ1n) is 11.5. The number of nitrogens with zero attached hydrogens (tertiary/aromatic N) is 2. The van der Waals surface area contributed by atoms with Crippen LogP contribution in [0.25, 0.3) is 11.1 Å². The highest BCUT2D eigenvalue weighted by atomic mass is 32.2. The van der Waals surface area contributed by atoms with Gasteiger partial charge in [0, 0.05) is 23.6 Å². The molecular formula is C27H24FN3O4S2. The van der Waals surface area contributed by atoms with Crippen molar-refractivity contribution in [2.24, 2.45) is 5.73 Å². The second-order valence-electron chi connectivity index (χ2n) is 8.88. The molecule has 2 unspecified atom stereocenters. The molecule has 0 radical (unpaired) electrons. The smallest absolute Gasteiger partial charge is 0.322 e. The Hall–Kier alpha value is -3.47. The van der Waals surface area contributed by atoms with Gasteiger partial charge < -0.3 is 5.73 Å². The monoisotopic (exact) mass is 537 g/mol. The van der Waals surface area contributed by atoms with E-state index >= 15 is 0 Å². The number of sulfone groups is 1. The van der Waals surface area contributed by atoms with Crippen molar-refractivity contribution in [1.29, 1.82) is 0 Å². The fourth-order valence-corrected chi connectivity index (χ4v) is 6.97. The summed E-state index contributed by atoms with van der Waals surface area (Å²) in [6.45, 7) is -0.130. The van der Waals surface area contributed by atoms with Crippen LogP contribution >= 0.6 is 11.8 Å².